The number of hydrogen-bond acceptors (Lipinski definition) is 2. The topological polar surface area (TPSA) is 46.5 Å². The van der Waals surface area contributed by atoms with Crippen molar-refractivity contribution in [3.05, 3.63) is 64.9 Å². The van der Waals surface area contributed by atoms with Crippen molar-refractivity contribution in [2.45, 2.75) is 6.10 Å². The minimum Gasteiger partial charge on any atom is -0.478 e. The Kier molecular flexibility index (Phi) is 4.02. The second-order valence-electron chi connectivity index (χ2n) is 3.82. The predicted octanol–water partition coefficient (Wildman–Crippen LogP) is 3.68. The Morgan fingerprint density at radius 1 is 1.21 bits per heavy atom. The summed E-state index contributed by atoms with van der Waals surface area (Å²) in [6.45, 7) is 0. The van der Waals surface area contributed by atoms with E-state index in [1.54, 1.807) is 30.3 Å². The minimum absolute atomic E-state index is 0.116. The summed E-state index contributed by atoms with van der Waals surface area (Å²) >= 11 is 5.62. The zero-order valence-corrected chi connectivity index (χ0v) is 10.5. The highest BCUT2D eigenvalue weighted by Gasteiger charge is 2.21. The van der Waals surface area contributed by atoms with E-state index in [1.807, 2.05) is 0 Å². The first-order valence-corrected chi connectivity index (χ1v) is 5.85. The maximum Gasteiger partial charge on any atom is 0.349 e. The van der Waals surface area contributed by atoms with Gasteiger partial charge in [0.25, 0.3) is 0 Å². The number of ether oxygens (including phenoxy) is 1. The molecule has 0 heterocycles. The Morgan fingerprint density at radius 3 is 2.47 bits per heavy atom. The summed E-state index contributed by atoms with van der Waals surface area (Å²) in [5.74, 6) is -1.52. The quantitative estimate of drug-likeness (QED) is 0.929. The molecule has 0 aliphatic heterocycles. The lowest BCUT2D eigenvalue weighted by Gasteiger charge is -2.15. The van der Waals surface area contributed by atoms with Crippen molar-refractivity contribution in [3.8, 4) is 5.75 Å². The van der Waals surface area contributed by atoms with Crippen molar-refractivity contribution in [2.75, 3.05) is 0 Å². The van der Waals surface area contributed by atoms with Crippen LogP contribution in [0.25, 0.3) is 0 Å². The fourth-order valence-corrected chi connectivity index (χ4v) is 1.75. The summed E-state index contributed by atoms with van der Waals surface area (Å²) in [5.41, 5.74) is 0.496. The highest BCUT2D eigenvalue weighted by Crippen LogP contribution is 2.26. The van der Waals surface area contributed by atoms with Crippen LogP contribution in [-0.2, 0) is 4.79 Å². The molecule has 0 spiro atoms. The number of carboxylic acids is 1. The molecule has 0 amide bonds. The number of carboxylic acid groups (broad SMARTS) is 1. The lowest BCUT2D eigenvalue weighted by molar-refractivity contribution is -0.145. The van der Waals surface area contributed by atoms with Crippen molar-refractivity contribution in [3.63, 3.8) is 0 Å². The van der Waals surface area contributed by atoms with E-state index in [9.17, 15) is 14.3 Å². The summed E-state index contributed by atoms with van der Waals surface area (Å²) in [4.78, 5) is 11.2. The molecular weight excluding hydrogens is 271 g/mol. The molecule has 0 fully saturated rings. The molecule has 0 saturated carbocycles. The van der Waals surface area contributed by atoms with Gasteiger partial charge in [0.2, 0.25) is 6.10 Å². The van der Waals surface area contributed by atoms with Crippen molar-refractivity contribution >= 4 is 17.6 Å². The Morgan fingerprint density at radius 2 is 1.89 bits per heavy atom. The van der Waals surface area contributed by atoms with E-state index in [0.717, 1.165) is 6.07 Å². The lowest BCUT2D eigenvalue weighted by Crippen LogP contribution is -2.18. The molecule has 0 radical (unpaired) electrons. The molecule has 0 aliphatic rings. The third-order valence-electron chi connectivity index (χ3n) is 2.47. The summed E-state index contributed by atoms with van der Waals surface area (Å²) in [6, 6.07) is 12.2. The van der Waals surface area contributed by atoms with Crippen LogP contribution in [0.4, 0.5) is 4.39 Å². The number of halogens is 2. The molecule has 1 unspecified atom stereocenters. The molecule has 1 N–H and O–H groups in total. The van der Waals surface area contributed by atoms with Crippen molar-refractivity contribution in [1.29, 1.82) is 0 Å². The predicted molar refractivity (Wildman–Crippen MR) is 68.9 cm³/mol. The van der Waals surface area contributed by atoms with Crippen LogP contribution < -0.4 is 4.74 Å². The lowest BCUT2D eigenvalue weighted by atomic mass is 10.1. The molecule has 0 bridgehead atoms. The van der Waals surface area contributed by atoms with Crippen LogP contribution in [0.5, 0.6) is 5.75 Å². The largest absolute Gasteiger partial charge is 0.478 e. The fourth-order valence-electron chi connectivity index (χ4n) is 1.58. The monoisotopic (exact) mass is 280 g/mol. The smallest absolute Gasteiger partial charge is 0.349 e. The van der Waals surface area contributed by atoms with Crippen LogP contribution >= 0.6 is 11.6 Å². The molecule has 5 heteroatoms. The number of aliphatic carboxylic acids is 1. The van der Waals surface area contributed by atoms with E-state index >= 15 is 0 Å². The summed E-state index contributed by atoms with van der Waals surface area (Å²) in [6.07, 6.45) is -1.16. The van der Waals surface area contributed by atoms with Gasteiger partial charge < -0.3 is 9.84 Å². The Balaban J connectivity index is 2.27. The minimum atomic E-state index is -1.16. The molecule has 98 valence electrons. The molecular formula is C14H10ClFO3. The van der Waals surface area contributed by atoms with Gasteiger partial charge in [0.1, 0.15) is 11.6 Å². The molecule has 19 heavy (non-hydrogen) atoms. The van der Waals surface area contributed by atoms with E-state index in [1.165, 1.54) is 12.1 Å². The van der Waals surface area contributed by atoms with Gasteiger partial charge in [-0.1, -0.05) is 41.9 Å². The number of carbonyl (C=O) groups is 1. The van der Waals surface area contributed by atoms with E-state index in [-0.39, 0.29) is 10.8 Å². The van der Waals surface area contributed by atoms with E-state index in [0.29, 0.717) is 5.56 Å². The molecule has 2 aromatic carbocycles. The van der Waals surface area contributed by atoms with Crippen molar-refractivity contribution in [2.24, 2.45) is 0 Å². The normalized spacial score (nSPS) is 11.9. The Labute approximate surface area is 114 Å². The molecule has 0 aliphatic carbocycles. The van der Waals surface area contributed by atoms with Gasteiger partial charge in [0, 0.05) is 11.6 Å². The van der Waals surface area contributed by atoms with Crippen LogP contribution in [0.1, 0.15) is 11.7 Å². The average Bonchev–Trinajstić information content (AvgIpc) is 2.40. The molecule has 3 nitrogen and oxygen atoms in total. The van der Waals surface area contributed by atoms with Crippen molar-refractivity contribution < 1.29 is 19.0 Å². The van der Waals surface area contributed by atoms with Crippen LogP contribution in [0.15, 0.2) is 48.5 Å². The molecule has 0 saturated heterocycles. The first-order valence-electron chi connectivity index (χ1n) is 5.47. The SMILES string of the molecule is O=C(O)C(Oc1ccc(F)c(Cl)c1)c1ccccc1. The van der Waals surface area contributed by atoms with Gasteiger partial charge in [-0.25, -0.2) is 9.18 Å². The molecule has 2 aromatic rings. The molecule has 0 aromatic heterocycles. The second kappa shape index (κ2) is 5.71. The third-order valence-corrected chi connectivity index (χ3v) is 2.76. The van der Waals surface area contributed by atoms with Crippen LogP contribution in [-0.4, -0.2) is 11.1 Å². The van der Waals surface area contributed by atoms with Gasteiger partial charge in [-0.2, -0.15) is 0 Å². The summed E-state index contributed by atoms with van der Waals surface area (Å²) in [7, 11) is 0. The average molecular weight is 281 g/mol. The van der Waals surface area contributed by atoms with Gasteiger partial charge in [-0.05, 0) is 12.1 Å². The van der Waals surface area contributed by atoms with Gasteiger partial charge in [0.05, 0.1) is 5.02 Å². The number of benzene rings is 2. The Hall–Kier alpha value is -2.07. The van der Waals surface area contributed by atoms with E-state index < -0.39 is 17.9 Å². The zero-order chi connectivity index (χ0) is 13.8. The van der Waals surface area contributed by atoms with Gasteiger partial charge >= 0.3 is 5.97 Å². The highest BCUT2D eigenvalue weighted by molar-refractivity contribution is 6.30. The van der Waals surface area contributed by atoms with Crippen LogP contribution in [0.3, 0.4) is 0 Å². The molecule has 1 atom stereocenters. The van der Waals surface area contributed by atoms with E-state index in [2.05, 4.69) is 0 Å². The summed E-state index contributed by atoms with van der Waals surface area (Å²) < 4.78 is 18.4. The molecule has 2 rings (SSSR count). The van der Waals surface area contributed by atoms with Crippen LogP contribution in [0, 0.1) is 5.82 Å². The number of rotatable bonds is 4. The van der Waals surface area contributed by atoms with Gasteiger partial charge in [0.15, 0.2) is 0 Å². The summed E-state index contributed by atoms with van der Waals surface area (Å²) in [5, 5.41) is 9.06. The maximum atomic E-state index is 13.0. The number of hydrogen-bond donors (Lipinski definition) is 1. The second-order valence-corrected chi connectivity index (χ2v) is 4.23. The van der Waals surface area contributed by atoms with Gasteiger partial charge in [-0.15, -0.1) is 0 Å². The van der Waals surface area contributed by atoms with Crippen molar-refractivity contribution in [1.82, 2.24) is 0 Å². The van der Waals surface area contributed by atoms with Crippen LogP contribution in [0.2, 0.25) is 5.02 Å². The Bertz CT molecular complexity index is 586. The maximum absolute atomic E-state index is 13.0. The fraction of sp³-hybridized carbons (Fsp3) is 0.0714. The zero-order valence-electron chi connectivity index (χ0n) is 9.72. The standard InChI is InChI=1S/C14H10ClFO3/c15-11-8-10(6-7-12(11)16)19-13(14(17)18)9-4-2-1-3-5-9/h1-8,13H,(H,17,18). The van der Waals surface area contributed by atoms with E-state index in [4.69, 9.17) is 16.3 Å². The van der Waals surface area contributed by atoms with Gasteiger partial charge in [-0.3, -0.25) is 0 Å². The third kappa shape index (κ3) is 3.23. The first-order chi connectivity index (χ1) is 9.08. The first kappa shape index (κ1) is 13.4. The highest BCUT2D eigenvalue weighted by atomic mass is 35.5.